The minimum absolute atomic E-state index is 0.0358. The summed E-state index contributed by atoms with van der Waals surface area (Å²) in [7, 11) is 0. The van der Waals surface area contributed by atoms with Crippen molar-refractivity contribution in [1.82, 2.24) is 9.78 Å². The Kier molecular flexibility index (Phi) is 4.06. The van der Waals surface area contributed by atoms with E-state index in [2.05, 4.69) is 24.3 Å². The van der Waals surface area contributed by atoms with Crippen LogP contribution < -0.4 is 5.32 Å². The highest BCUT2D eigenvalue weighted by Crippen LogP contribution is 2.61. The van der Waals surface area contributed by atoms with Gasteiger partial charge in [0, 0.05) is 17.5 Å². The summed E-state index contributed by atoms with van der Waals surface area (Å²) in [6, 6.07) is 6.56. The predicted molar refractivity (Wildman–Crippen MR) is 119 cm³/mol. The van der Waals surface area contributed by atoms with Crippen LogP contribution in [0.5, 0.6) is 0 Å². The van der Waals surface area contributed by atoms with Crippen molar-refractivity contribution in [1.29, 1.82) is 0 Å². The van der Waals surface area contributed by atoms with Gasteiger partial charge in [-0.15, -0.1) is 0 Å². The molecule has 0 bridgehead atoms. The van der Waals surface area contributed by atoms with Crippen molar-refractivity contribution in [3.63, 3.8) is 0 Å². The fraction of sp³-hybridized carbons (Fsp3) is 0.538. The highest BCUT2D eigenvalue weighted by atomic mass is 19.1. The average molecular weight is 420 g/mol. The fourth-order valence-electron chi connectivity index (χ4n) is 7.36. The van der Waals surface area contributed by atoms with Gasteiger partial charge in [-0.05, 0) is 99.0 Å². The van der Waals surface area contributed by atoms with Gasteiger partial charge >= 0.3 is 0 Å². The Bertz CT molecular complexity index is 1090. The third-order valence-corrected chi connectivity index (χ3v) is 9.11. The van der Waals surface area contributed by atoms with Crippen molar-refractivity contribution in [3.05, 3.63) is 53.5 Å². The van der Waals surface area contributed by atoms with Gasteiger partial charge in [-0.25, -0.2) is 9.07 Å². The molecule has 31 heavy (non-hydrogen) atoms. The molecule has 0 unspecified atom stereocenters. The van der Waals surface area contributed by atoms with E-state index < -0.39 is 0 Å². The Morgan fingerprint density at radius 3 is 2.71 bits per heavy atom. The normalized spacial score (nSPS) is 36.4. The van der Waals surface area contributed by atoms with Gasteiger partial charge in [-0.3, -0.25) is 4.79 Å². The number of hydrogen-bond acceptors (Lipinski definition) is 3. The quantitative estimate of drug-likeness (QED) is 0.667. The molecule has 1 aromatic carbocycles. The van der Waals surface area contributed by atoms with Gasteiger partial charge < -0.3 is 5.32 Å². The number of anilines is 1. The molecule has 1 aliphatic heterocycles. The van der Waals surface area contributed by atoms with E-state index in [0.717, 1.165) is 37.2 Å². The van der Waals surface area contributed by atoms with Crippen LogP contribution in [0.2, 0.25) is 0 Å². The number of nitrogens with zero attached hydrogens (tertiary/aromatic N) is 2. The molecule has 2 fully saturated rings. The van der Waals surface area contributed by atoms with E-state index in [9.17, 15) is 9.18 Å². The molecule has 1 N–H and O–H groups in total. The van der Waals surface area contributed by atoms with E-state index in [1.54, 1.807) is 12.1 Å². The van der Waals surface area contributed by atoms with Crippen molar-refractivity contribution in [2.24, 2.45) is 23.2 Å². The van der Waals surface area contributed by atoms with Gasteiger partial charge in [0.05, 0.1) is 11.9 Å². The molecule has 4 nitrogen and oxygen atoms in total. The average Bonchev–Trinajstić information content (AvgIpc) is 3.15. The first kappa shape index (κ1) is 19.3. The number of halogens is 1. The number of benzene rings is 1. The maximum absolute atomic E-state index is 13.4. The summed E-state index contributed by atoms with van der Waals surface area (Å²) in [5.74, 6) is 3.06. The van der Waals surface area contributed by atoms with Crippen LogP contribution in [-0.4, -0.2) is 21.1 Å². The summed E-state index contributed by atoms with van der Waals surface area (Å²) in [5, 5.41) is 8.56. The second-order valence-electron chi connectivity index (χ2n) is 10.7. The Labute approximate surface area is 182 Å². The molecule has 2 heterocycles. The largest absolute Gasteiger partial charge is 0.364 e. The van der Waals surface area contributed by atoms with Gasteiger partial charge in [0.2, 0.25) is 0 Å². The van der Waals surface area contributed by atoms with Crippen LogP contribution in [0.15, 0.2) is 42.1 Å². The number of carbonyl (C=O) groups excluding carboxylic acids is 1. The fourth-order valence-corrected chi connectivity index (χ4v) is 7.36. The van der Waals surface area contributed by atoms with E-state index in [-0.39, 0.29) is 16.8 Å². The van der Waals surface area contributed by atoms with Gasteiger partial charge in [0.25, 0.3) is 0 Å². The van der Waals surface area contributed by atoms with Crippen molar-refractivity contribution in [2.75, 3.05) is 5.32 Å². The molecule has 0 amide bonds. The topological polar surface area (TPSA) is 46.9 Å². The molecule has 2 saturated carbocycles. The summed E-state index contributed by atoms with van der Waals surface area (Å²) in [6.45, 7) is 4.82. The molecular formula is C26H30FN3O. The molecule has 0 saturated heterocycles. The van der Waals surface area contributed by atoms with Crippen molar-refractivity contribution >= 4 is 11.6 Å². The van der Waals surface area contributed by atoms with Crippen LogP contribution in [0.4, 0.5) is 10.2 Å². The molecule has 5 heteroatoms. The van der Waals surface area contributed by atoms with Gasteiger partial charge in [-0.2, -0.15) is 5.10 Å². The Morgan fingerprint density at radius 2 is 1.90 bits per heavy atom. The molecule has 162 valence electrons. The number of hydrogen-bond donors (Lipinski definition) is 1. The first-order chi connectivity index (χ1) is 14.9. The minimum Gasteiger partial charge on any atom is -0.364 e. The van der Waals surface area contributed by atoms with Gasteiger partial charge in [0.1, 0.15) is 11.6 Å². The molecule has 1 aromatic heterocycles. The van der Waals surface area contributed by atoms with E-state index in [1.807, 2.05) is 17.0 Å². The van der Waals surface area contributed by atoms with E-state index in [0.29, 0.717) is 30.0 Å². The minimum atomic E-state index is -0.230. The molecule has 0 radical (unpaired) electrons. The number of ketones is 1. The number of aromatic nitrogens is 2. The number of fused-ring (bicyclic) bond motifs is 6. The zero-order valence-corrected chi connectivity index (χ0v) is 18.3. The number of rotatable bonds is 1. The number of allylic oxidation sites excluding steroid dienone is 2. The maximum atomic E-state index is 13.4. The Morgan fingerprint density at radius 1 is 1.10 bits per heavy atom. The number of nitrogens with one attached hydrogen (secondary N) is 1. The second kappa shape index (κ2) is 6.54. The van der Waals surface area contributed by atoms with Crippen LogP contribution >= 0.6 is 0 Å². The lowest BCUT2D eigenvalue weighted by Gasteiger charge is -2.60. The zero-order valence-electron chi connectivity index (χ0n) is 18.3. The van der Waals surface area contributed by atoms with Crippen molar-refractivity contribution in [3.8, 4) is 5.69 Å². The lowest BCUT2D eigenvalue weighted by atomic mass is 9.47. The highest BCUT2D eigenvalue weighted by molar-refractivity contribution is 5.91. The molecule has 2 aromatic rings. The van der Waals surface area contributed by atoms with Crippen LogP contribution in [0.25, 0.3) is 5.69 Å². The Balaban J connectivity index is 1.35. The lowest BCUT2D eigenvalue weighted by Crippen LogP contribution is -2.58. The molecule has 4 aliphatic rings. The highest BCUT2D eigenvalue weighted by Gasteiger charge is 2.56. The van der Waals surface area contributed by atoms with Crippen molar-refractivity contribution in [2.45, 2.75) is 64.3 Å². The first-order valence-corrected chi connectivity index (χ1v) is 11.7. The van der Waals surface area contributed by atoms with E-state index in [4.69, 9.17) is 0 Å². The lowest BCUT2D eigenvalue weighted by molar-refractivity contribution is -0.117. The summed E-state index contributed by atoms with van der Waals surface area (Å²) < 4.78 is 15.3. The van der Waals surface area contributed by atoms with Crippen LogP contribution in [0.3, 0.4) is 0 Å². The molecule has 6 rings (SSSR count). The molecular weight excluding hydrogens is 389 g/mol. The molecule has 3 aliphatic carbocycles. The third kappa shape index (κ3) is 2.78. The Hall–Kier alpha value is -2.43. The van der Waals surface area contributed by atoms with Crippen molar-refractivity contribution < 1.29 is 9.18 Å². The van der Waals surface area contributed by atoms with Crippen LogP contribution in [0, 0.1) is 29.0 Å². The van der Waals surface area contributed by atoms with E-state index in [1.165, 1.54) is 36.1 Å². The van der Waals surface area contributed by atoms with Crippen LogP contribution in [0.1, 0.15) is 57.9 Å². The predicted octanol–water partition coefficient (Wildman–Crippen LogP) is 5.47. The van der Waals surface area contributed by atoms with Gasteiger partial charge in [0.15, 0.2) is 5.78 Å². The number of carbonyl (C=O) groups is 1. The first-order valence-electron chi connectivity index (χ1n) is 11.7. The molecule has 5 atom stereocenters. The summed E-state index contributed by atoms with van der Waals surface area (Å²) in [6.07, 6.45) is 11.3. The SMILES string of the molecule is C[C@]12CCC(=O)C=C1CC[C@@H]1[C@@H]2CC[C@]2(C)Nc3c(cnn3-c3ccc(F)cc3)C[C@@H]12. The van der Waals surface area contributed by atoms with Crippen LogP contribution in [-0.2, 0) is 11.2 Å². The summed E-state index contributed by atoms with van der Waals surface area (Å²) in [4.78, 5) is 12.1. The summed E-state index contributed by atoms with van der Waals surface area (Å²) >= 11 is 0. The monoisotopic (exact) mass is 419 g/mol. The summed E-state index contributed by atoms with van der Waals surface area (Å²) in [5.41, 5.74) is 3.79. The zero-order chi connectivity index (χ0) is 21.4. The maximum Gasteiger partial charge on any atom is 0.155 e. The second-order valence-corrected chi connectivity index (χ2v) is 10.7. The standard InChI is InChI=1S/C26H30FN3O/c1-25-11-9-20(31)14-17(25)3-8-21-22(25)10-12-26(2)23(21)13-16-15-28-30(24(16)29-26)19-6-4-18(27)5-7-19/h4-7,14-15,21-23,29H,3,8-13H2,1-2H3/t21-,22+,23+,25+,26+/m1/s1. The van der Waals surface area contributed by atoms with Gasteiger partial charge in [-0.1, -0.05) is 12.5 Å². The smallest absolute Gasteiger partial charge is 0.155 e. The van der Waals surface area contributed by atoms with E-state index >= 15 is 0 Å². The third-order valence-electron chi connectivity index (χ3n) is 9.11. The molecule has 0 spiro atoms.